The van der Waals surface area contributed by atoms with E-state index in [2.05, 4.69) is 6.92 Å². The zero-order valence-electron chi connectivity index (χ0n) is 11.8. The summed E-state index contributed by atoms with van der Waals surface area (Å²) in [7, 11) is 0. The van der Waals surface area contributed by atoms with Gasteiger partial charge in [0.1, 0.15) is 5.60 Å². The molecule has 4 nitrogen and oxygen atoms in total. The van der Waals surface area contributed by atoms with Crippen molar-refractivity contribution in [1.82, 2.24) is 0 Å². The van der Waals surface area contributed by atoms with Crippen LogP contribution in [0.3, 0.4) is 0 Å². The molecule has 0 aromatic rings. The number of carbonyl (C=O) groups is 1. The van der Waals surface area contributed by atoms with Crippen molar-refractivity contribution in [2.45, 2.75) is 64.3 Å². The Labute approximate surface area is 113 Å². The van der Waals surface area contributed by atoms with Gasteiger partial charge in [-0.15, -0.1) is 0 Å². The van der Waals surface area contributed by atoms with Crippen LogP contribution < -0.4 is 0 Å². The summed E-state index contributed by atoms with van der Waals surface area (Å²) < 4.78 is 5.48. The van der Waals surface area contributed by atoms with Crippen LogP contribution in [-0.4, -0.2) is 34.0 Å². The summed E-state index contributed by atoms with van der Waals surface area (Å²) in [5.41, 5.74) is 0.714. The Morgan fingerprint density at radius 1 is 1.32 bits per heavy atom. The first-order valence-electron chi connectivity index (χ1n) is 7.12. The highest BCUT2D eigenvalue weighted by molar-refractivity contribution is 5.77. The maximum atomic E-state index is 11.8. The van der Waals surface area contributed by atoms with E-state index in [9.17, 15) is 15.0 Å². The van der Waals surface area contributed by atoms with Gasteiger partial charge in [0.2, 0.25) is 0 Å². The molecule has 19 heavy (non-hydrogen) atoms. The number of esters is 1. The van der Waals surface area contributed by atoms with Crippen molar-refractivity contribution in [3.63, 3.8) is 0 Å². The minimum absolute atomic E-state index is 0.0510. The number of hydrogen-bond acceptors (Lipinski definition) is 4. The van der Waals surface area contributed by atoms with Crippen LogP contribution in [0.5, 0.6) is 0 Å². The van der Waals surface area contributed by atoms with Crippen molar-refractivity contribution in [3.05, 3.63) is 11.1 Å². The monoisotopic (exact) mass is 266 g/mol. The lowest BCUT2D eigenvalue weighted by Gasteiger charge is -2.50. The minimum Gasteiger partial charge on any atom is -0.454 e. The molecule has 4 heteroatoms. The minimum atomic E-state index is -1.09. The predicted octanol–water partition coefficient (Wildman–Crippen LogP) is 1.55. The standard InChI is InChI=1S/C15H22O4/c1-8-10(16)4-5-14(3)6-7-15(18)9(2)13(17)19-12(15)11(8)14/h9-10,12,16,18H,4-7H2,1-3H3/t9-,10?,12?,14+,15?/m0/s1. The molecule has 0 aromatic carbocycles. The van der Waals surface area contributed by atoms with Gasteiger partial charge in [-0.3, -0.25) is 4.79 Å². The zero-order chi connectivity index (χ0) is 14.0. The van der Waals surface area contributed by atoms with E-state index in [1.54, 1.807) is 6.92 Å². The van der Waals surface area contributed by atoms with Crippen molar-refractivity contribution in [2.75, 3.05) is 0 Å². The van der Waals surface area contributed by atoms with Gasteiger partial charge in [-0.2, -0.15) is 0 Å². The normalized spacial score (nSPS) is 49.7. The third-order valence-corrected chi connectivity index (χ3v) is 5.68. The van der Waals surface area contributed by atoms with Crippen LogP contribution in [0.15, 0.2) is 11.1 Å². The molecule has 1 aliphatic heterocycles. The van der Waals surface area contributed by atoms with E-state index >= 15 is 0 Å². The molecule has 0 aromatic heterocycles. The Balaban J connectivity index is 2.12. The molecule has 2 aliphatic carbocycles. The molecule has 1 saturated carbocycles. The number of ether oxygens (including phenoxy) is 1. The lowest BCUT2D eigenvalue weighted by molar-refractivity contribution is -0.143. The molecule has 3 unspecified atom stereocenters. The summed E-state index contributed by atoms with van der Waals surface area (Å²) in [4.78, 5) is 11.8. The van der Waals surface area contributed by atoms with Crippen LogP contribution in [0, 0.1) is 11.3 Å². The fourth-order valence-electron chi connectivity index (χ4n) is 4.13. The highest BCUT2D eigenvalue weighted by Gasteiger charge is 2.62. The third-order valence-electron chi connectivity index (χ3n) is 5.68. The van der Waals surface area contributed by atoms with Gasteiger partial charge in [0.15, 0.2) is 6.10 Å². The van der Waals surface area contributed by atoms with Gasteiger partial charge in [0.05, 0.1) is 12.0 Å². The summed E-state index contributed by atoms with van der Waals surface area (Å²) in [5.74, 6) is -0.807. The maximum Gasteiger partial charge on any atom is 0.312 e. The molecule has 3 aliphatic rings. The highest BCUT2D eigenvalue weighted by Crippen LogP contribution is 2.56. The largest absolute Gasteiger partial charge is 0.454 e. The molecule has 0 amide bonds. The van der Waals surface area contributed by atoms with E-state index < -0.39 is 23.7 Å². The molecule has 106 valence electrons. The van der Waals surface area contributed by atoms with Crippen LogP contribution in [0.2, 0.25) is 0 Å². The molecular formula is C15H22O4. The Morgan fingerprint density at radius 2 is 2.00 bits per heavy atom. The van der Waals surface area contributed by atoms with Crippen LogP contribution in [-0.2, 0) is 9.53 Å². The number of aliphatic hydroxyl groups excluding tert-OH is 1. The summed E-state index contributed by atoms with van der Waals surface area (Å²) in [5, 5.41) is 20.9. The first kappa shape index (κ1) is 13.1. The molecular weight excluding hydrogens is 244 g/mol. The quantitative estimate of drug-likeness (QED) is 0.515. The van der Waals surface area contributed by atoms with Gasteiger partial charge < -0.3 is 14.9 Å². The summed E-state index contributed by atoms with van der Waals surface area (Å²) in [6, 6.07) is 0. The average molecular weight is 266 g/mol. The van der Waals surface area contributed by atoms with Crippen molar-refractivity contribution in [3.8, 4) is 0 Å². The molecule has 0 bridgehead atoms. The molecule has 1 saturated heterocycles. The molecule has 2 fully saturated rings. The van der Waals surface area contributed by atoms with Crippen molar-refractivity contribution >= 4 is 5.97 Å². The van der Waals surface area contributed by atoms with Crippen molar-refractivity contribution < 1.29 is 19.7 Å². The van der Waals surface area contributed by atoms with Gasteiger partial charge in [0, 0.05) is 0 Å². The van der Waals surface area contributed by atoms with Crippen molar-refractivity contribution in [1.29, 1.82) is 0 Å². The maximum absolute atomic E-state index is 11.8. The van der Waals surface area contributed by atoms with Crippen LogP contribution >= 0.6 is 0 Å². The molecule has 0 radical (unpaired) electrons. The number of rotatable bonds is 0. The Bertz CT molecular complexity index is 469. The van der Waals surface area contributed by atoms with E-state index in [0.29, 0.717) is 6.42 Å². The number of hydrogen-bond donors (Lipinski definition) is 2. The Kier molecular flexibility index (Phi) is 2.64. The van der Waals surface area contributed by atoms with E-state index in [-0.39, 0.29) is 11.4 Å². The van der Waals surface area contributed by atoms with E-state index in [1.807, 2.05) is 6.92 Å². The second-order valence-electron chi connectivity index (χ2n) is 6.74. The summed E-state index contributed by atoms with van der Waals surface area (Å²) >= 11 is 0. The van der Waals surface area contributed by atoms with Crippen LogP contribution in [0.25, 0.3) is 0 Å². The van der Waals surface area contributed by atoms with E-state index in [1.165, 1.54) is 0 Å². The van der Waals surface area contributed by atoms with Crippen LogP contribution in [0.4, 0.5) is 0 Å². The van der Waals surface area contributed by atoms with Gasteiger partial charge in [-0.05, 0) is 56.1 Å². The third kappa shape index (κ3) is 1.56. The predicted molar refractivity (Wildman–Crippen MR) is 69.3 cm³/mol. The fourth-order valence-corrected chi connectivity index (χ4v) is 4.13. The SMILES string of the molecule is CC1=C2C3OC(=O)[C@H](C)C3(O)CC[C@@]2(C)CCC1O. The van der Waals surface area contributed by atoms with Gasteiger partial charge >= 0.3 is 5.97 Å². The lowest BCUT2D eigenvalue weighted by Crippen LogP contribution is -2.53. The van der Waals surface area contributed by atoms with Gasteiger partial charge in [-0.25, -0.2) is 0 Å². The number of fused-ring (bicyclic) bond motifs is 3. The van der Waals surface area contributed by atoms with Gasteiger partial charge in [0.25, 0.3) is 0 Å². The number of carbonyl (C=O) groups excluding carboxylic acids is 1. The Hall–Kier alpha value is -0.870. The van der Waals surface area contributed by atoms with E-state index in [0.717, 1.165) is 30.4 Å². The summed E-state index contributed by atoms with van der Waals surface area (Å²) in [6.07, 6.45) is 2.04. The summed E-state index contributed by atoms with van der Waals surface area (Å²) in [6.45, 7) is 5.80. The van der Waals surface area contributed by atoms with Crippen LogP contribution in [0.1, 0.15) is 46.5 Å². The zero-order valence-corrected chi connectivity index (χ0v) is 11.8. The number of aliphatic hydroxyl groups is 2. The van der Waals surface area contributed by atoms with Gasteiger partial charge in [-0.1, -0.05) is 6.92 Å². The second-order valence-corrected chi connectivity index (χ2v) is 6.74. The molecule has 2 N–H and O–H groups in total. The van der Waals surface area contributed by atoms with E-state index in [4.69, 9.17) is 4.74 Å². The lowest BCUT2D eigenvalue weighted by atomic mass is 9.57. The first-order chi connectivity index (χ1) is 8.79. The fraction of sp³-hybridized carbons (Fsp3) is 0.800. The highest BCUT2D eigenvalue weighted by atomic mass is 16.6. The Morgan fingerprint density at radius 3 is 2.68 bits per heavy atom. The topological polar surface area (TPSA) is 66.8 Å². The van der Waals surface area contributed by atoms with Crippen molar-refractivity contribution in [2.24, 2.45) is 11.3 Å². The smallest absolute Gasteiger partial charge is 0.312 e. The molecule has 3 rings (SSSR count). The molecule has 5 atom stereocenters. The average Bonchev–Trinajstić information content (AvgIpc) is 2.59. The second kappa shape index (κ2) is 3.83. The molecule has 0 spiro atoms. The molecule has 1 heterocycles. The first-order valence-corrected chi connectivity index (χ1v) is 7.12.